The molecule has 0 radical (unpaired) electrons. The van der Waals surface area contributed by atoms with Gasteiger partial charge in [0.15, 0.2) is 0 Å². The monoisotopic (exact) mass is 301 g/mol. The third-order valence-corrected chi connectivity index (χ3v) is 0. The van der Waals surface area contributed by atoms with Crippen molar-refractivity contribution in [3.05, 3.63) is 0 Å². The van der Waals surface area contributed by atoms with E-state index in [1.165, 1.54) is 0 Å². The average molecular weight is 301 g/mol. The van der Waals surface area contributed by atoms with Crippen molar-refractivity contribution >= 4 is 17.8 Å². The van der Waals surface area contributed by atoms with Crippen LogP contribution in [0, 0.1) is 31.1 Å². The van der Waals surface area contributed by atoms with Gasteiger partial charge in [0, 0.05) is 31.1 Å². The van der Waals surface area contributed by atoms with Crippen LogP contribution >= 0.6 is 12.2 Å². The molecule has 0 unspecified atom stereocenters. The molecule has 0 saturated heterocycles. The molecule has 0 bridgehead atoms. The minimum Gasteiger partial charge on any atom is -0.446 e. The van der Waals surface area contributed by atoms with E-state index in [2.05, 4.69) is 12.2 Å². The number of hydrogen-bond acceptors (Lipinski definition) is 1. The van der Waals surface area contributed by atoms with Crippen LogP contribution in [0.2, 0.25) is 0 Å². The second-order valence-electron chi connectivity index (χ2n) is 0.0772. The Labute approximate surface area is 53.1 Å². The summed E-state index contributed by atoms with van der Waals surface area (Å²) in [7, 11) is 0. The van der Waals surface area contributed by atoms with Gasteiger partial charge in [-0.3, -0.25) is 0 Å². The van der Waals surface area contributed by atoms with Crippen LogP contribution in [0.4, 0.5) is 4.39 Å². The first kappa shape index (κ1) is 8.91. The maximum atomic E-state index is 9.86. The van der Waals surface area contributed by atoms with E-state index in [-0.39, 0.29) is 31.1 Å². The summed E-state index contributed by atoms with van der Waals surface area (Å²) in [5, 5.41) is 0. The van der Waals surface area contributed by atoms with Crippen LogP contribution in [0.3, 0.4) is 0 Å². The van der Waals surface area contributed by atoms with Gasteiger partial charge >= 0.3 is 0 Å². The molecule has 0 saturated carbocycles. The molecule has 0 heterocycles. The Bertz CT molecular complexity index is 15.5. The summed E-state index contributed by atoms with van der Waals surface area (Å²) in [5.74, 6) is 0. The first-order valence-electron chi connectivity index (χ1n) is 0.393. The Morgan fingerprint density at radius 1 is 1.75 bits per heavy atom. The summed E-state index contributed by atoms with van der Waals surface area (Å²) in [6.45, 7) is 0. The van der Waals surface area contributed by atoms with Crippen molar-refractivity contribution in [3.63, 3.8) is 0 Å². The molecule has 0 aromatic carbocycles. The van der Waals surface area contributed by atoms with E-state index in [1.54, 1.807) is 0 Å². The fourth-order valence-electron chi connectivity index (χ4n) is 0. The number of rotatable bonds is 0. The minimum absolute atomic E-state index is 0. The van der Waals surface area contributed by atoms with E-state index in [0.29, 0.717) is 0 Å². The van der Waals surface area contributed by atoms with Crippen LogP contribution in [0.1, 0.15) is 0 Å². The predicted octanol–water partition coefficient (Wildman–Crippen LogP) is 0.790. The summed E-state index contributed by atoms with van der Waals surface area (Å²) >= 11 is 3.48. The van der Waals surface area contributed by atoms with Gasteiger partial charge in [0.1, 0.15) is 0 Å². The molecule has 0 rings (SSSR count). The SMILES string of the molecule is F[C-]=S.[U]. The largest absolute Gasteiger partial charge is 0.446 e. The Balaban J connectivity index is 0. The van der Waals surface area contributed by atoms with E-state index >= 15 is 0 Å². The second kappa shape index (κ2) is 8.95. The zero-order valence-corrected chi connectivity index (χ0v) is 6.77. The van der Waals surface area contributed by atoms with Crippen molar-refractivity contribution in [2.24, 2.45) is 0 Å². The van der Waals surface area contributed by atoms with Crippen LogP contribution < -0.4 is 0 Å². The first-order chi connectivity index (χ1) is 1.41. The third kappa shape index (κ3) is 11.5. The summed E-state index contributed by atoms with van der Waals surface area (Å²) in [4.78, 5) is 0. The van der Waals surface area contributed by atoms with E-state index in [4.69, 9.17) is 0 Å². The molecule has 3 heteroatoms. The van der Waals surface area contributed by atoms with Crippen LogP contribution in [0.15, 0.2) is 0 Å². The second-order valence-corrected chi connectivity index (χ2v) is 0.231. The minimum atomic E-state index is 0. The average Bonchev–Trinajstić information content (AvgIpc) is 0.918. The first-order valence-corrected chi connectivity index (χ1v) is 0.801. The zero-order valence-electron chi connectivity index (χ0n) is 1.79. The molecule has 0 spiro atoms. The molecular weight excluding hydrogens is 301 g/mol. The number of hydrogen-bond donors (Lipinski definition) is 0. The molecule has 4 heavy (non-hydrogen) atoms. The molecule has 0 amide bonds. The quantitative estimate of drug-likeness (QED) is 0.362. The fourth-order valence-corrected chi connectivity index (χ4v) is 0. The Morgan fingerprint density at radius 3 is 1.75 bits per heavy atom. The summed E-state index contributed by atoms with van der Waals surface area (Å²) < 4.78 is 9.86. The van der Waals surface area contributed by atoms with Gasteiger partial charge < -0.3 is 16.6 Å². The van der Waals surface area contributed by atoms with Gasteiger partial charge in [0.2, 0.25) is 0 Å². The van der Waals surface area contributed by atoms with Crippen molar-refractivity contribution in [1.82, 2.24) is 0 Å². The Kier molecular flexibility index (Phi) is 19.9. The van der Waals surface area contributed by atoms with Crippen LogP contribution in [0.5, 0.6) is 0 Å². The Hall–Kier alpha value is 1.07. The summed E-state index contributed by atoms with van der Waals surface area (Å²) in [5.41, 5.74) is 0.833. The maximum absolute atomic E-state index is 9.86. The molecular formula is CFSU-. The van der Waals surface area contributed by atoms with Crippen LogP contribution in [0.25, 0.3) is 0 Å². The van der Waals surface area contributed by atoms with Gasteiger partial charge in [-0.1, -0.05) is 0 Å². The van der Waals surface area contributed by atoms with Crippen molar-refractivity contribution in [2.75, 3.05) is 0 Å². The van der Waals surface area contributed by atoms with Crippen LogP contribution in [-0.4, -0.2) is 5.62 Å². The van der Waals surface area contributed by atoms with Gasteiger partial charge in [-0.2, -0.15) is 0 Å². The van der Waals surface area contributed by atoms with Crippen molar-refractivity contribution < 1.29 is 35.5 Å². The molecule has 0 aromatic rings. The summed E-state index contributed by atoms with van der Waals surface area (Å²) in [6, 6.07) is 0. The molecule has 0 aliphatic rings. The zero-order chi connectivity index (χ0) is 2.71. The predicted molar refractivity (Wildman–Crippen MR) is 13.7 cm³/mol. The number of halogens is 1. The third-order valence-electron chi connectivity index (χ3n) is 0. The molecule has 0 aromatic heterocycles. The van der Waals surface area contributed by atoms with E-state index < -0.39 is 0 Å². The molecule has 0 aliphatic heterocycles. The van der Waals surface area contributed by atoms with Crippen molar-refractivity contribution in [2.45, 2.75) is 0 Å². The molecule has 0 atom stereocenters. The van der Waals surface area contributed by atoms with Crippen molar-refractivity contribution in [3.8, 4) is 0 Å². The van der Waals surface area contributed by atoms with Gasteiger partial charge in [0.05, 0.1) is 0 Å². The van der Waals surface area contributed by atoms with E-state index in [9.17, 15) is 4.39 Å². The maximum Gasteiger partial charge on any atom is 0 e. The fraction of sp³-hybridized carbons (Fsp3) is 0. The van der Waals surface area contributed by atoms with Crippen LogP contribution in [-0.2, 0) is 0 Å². The summed E-state index contributed by atoms with van der Waals surface area (Å²) in [6.07, 6.45) is 0. The van der Waals surface area contributed by atoms with Gasteiger partial charge in [0.25, 0.3) is 0 Å². The van der Waals surface area contributed by atoms with Crippen molar-refractivity contribution in [1.29, 1.82) is 0 Å². The Morgan fingerprint density at radius 2 is 1.75 bits per heavy atom. The van der Waals surface area contributed by atoms with E-state index in [1.807, 2.05) is 0 Å². The van der Waals surface area contributed by atoms with Gasteiger partial charge in [-0.25, -0.2) is 5.62 Å². The molecule has 0 nitrogen and oxygen atoms in total. The van der Waals surface area contributed by atoms with Gasteiger partial charge in [-0.05, 0) is 0 Å². The molecule has 0 fully saturated rings. The smallest absolute Gasteiger partial charge is 0 e. The molecule has 0 aliphatic carbocycles. The number of thiocarbonyl (C=S) groups is 1. The standard InChI is InChI=1S/CFS.U/c2-1-3;/q-1;. The van der Waals surface area contributed by atoms with E-state index in [0.717, 1.165) is 5.62 Å². The normalized spacial score (nSPS) is 3.25. The topological polar surface area (TPSA) is 0 Å². The van der Waals surface area contributed by atoms with Gasteiger partial charge in [-0.15, -0.1) is 0 Å². The molecule has 0 N–H and O–H groups in total. The molecule has 22 valence electrons.